The minimum atomic E-state index is -0.674. The van der Waals surface area contributed by atoms with Gasteiger partial charge < -0.3 is 39.5 Å². The molecule has 3 aromatic heterocycles. The van der Waals surface area contributed by atoms with Crippen LogP contribution in [0.4, 0.5) is 30.1 Å². The number of fused-ring (bicyclic) bond motifs is 2. The number of amides is 2. The highest BCUT2D eigenvalue weighted by Crippen LogP contribution is 2.39. The number of nitrogens with two attached hydrogens (primary N) is 1. The number of hydrogen-bond acceptors (Lipinski definition) is 12. The van der Waals surface area contributed by atoms with Crippen molar-refractivity contribution in [1.29, 1.82) is 0 Å². The zero-order valence-corrected chi connectivity index (χ0v) is 31.1. The lowest BCUT2D eigenvalue weighted by Gasteiger charge is -2.13. The highest BCUT2D eigenvalue weighted by molar-refractivity contribution is 7.19. The molecule has 2 amide bonds. The van der Waals surface area contributed by atoms with Crippen molar-refractivity contribution in [2.75, 3.05) is 44.8 Å². The average Bonchev–Trinajstić information content (AvgIpc) is 3.60. The number of carbonyl (C=O) groups excluding carboxylic acids is 1. The van der Waals surface area contributed by atoms with Crippen LogP contribution in [0.25, 0.3) is 21.8 Å². The smallest absolute Gasteiger partial charge is 0.325 e. The van der Waals surface area contributed by atoms with Gasteiger partial charge in [-0.2, -0.15) is 0 Å². The van der Waals surface area contributed by atoms with Crippen molar-refractivity contribution in [1.82, 2.24) is 15.0 Å². The standard InChI is InChI=1S/C21H16ClFN4O4S.C17H15FN2O3/c1-29-17-8-12-15(9-18(17)30-2)24-6-5-16(12)31-11-3-4-14(13(23)7-11)26-20(28)27-21-25-10-19(22)32-21;1-21-16-8-11-14(9-17(16)22-2)20-6-5-15(11)23-10-3-4-13(19)12(18)7-10/h3-10H,1-2H3,(H2,25,26,27,28);3-9H,19H2,1-2H3. The molecule has 55 heavy (non-hydrogen) atoms. The number of pyridine rings is 2. The van der Waals surface area contributed by atoms with E-state index in [1.165, 1.54) is 50.7 Å². The number of halogens is 3. The molecule has 0 saturated heterocycles. The van der Waals surface area contributed by atoms with Crippen molar-refractivity contribution in [2.45, 2.75) is 0 Å². The summed E-state index contributed by atoms with van der Waals surface area (Å²) < 4.78 is 61.4. The Bertz CT molecular complexity index is 2510. The van der Waals surface area contributed by atoms with Gasteiger partial charge in [0.15, 0.2) is 28.1 Å². The molecule has 3 heterocycles. The van der Waals surface area contributed by atoms with Crippen LogP contribution in [-0.2, 0) is 0 Å². The van der Waals surface area contributed by atoms with Gasteiger partial charge >= 0.3 is 6.03 Å². The molecular formula is C38H31ClF2N6O7S. The minimum absolute atomic E-state index is 0.0245. The quantitative estimate of drug-likeness (QED) is 0.113. The lowest BCUT2D eigenvalue weighted by molar-refractivity contribution is 0.262. The van der Waals surface area contributed by atoms with Crippen LogP contribution >= 0.6 is 22.9 Å². The van der Waals surface area contributed by atoms with Crippen molar-refractivity contribution in [3.05, 3.63) is 107 Å². The number of urea groups is 1. The summed E-state index contributed by atoms with van der Waals surface area (Å²) in [6, 6.07) is 18.1. The van der Waals surface area contributed by atoms with E-state index in [0.29, 0.717) is 66.1 Å². The Morgan fingerprint density at radius 2 is 1.16 bits per heavy atom. The third-order valence-electron chi connectivity index (χ3n) is 7.73. The van der Waals surface area contributed by atoms with Gasteiger partial charge in [-0.1, -0.05) is 22.9 Å². The zero-order chi connectivity index (χ0) is 39.1. The molecule has 17 heteroatoms. The van der Waals surface area contributed by atoms with Gasteiger partial charge in [0, 0.05) is 47.4 Å². The summed E-state index contributed by atoms with van der Waals surface area (Å²) in [6.07, 6.45) is 4.59. The molecule has 0 saturated carbocycles. The molecule has 0 radical (unpaired) electrons. The molecule has 282 valence electrons. The third kappa shape index (κ3) is 8.94. The first-order valence-corrected chi connectivity index (χ1v) is 17.2. The van der Waals surface area contributed by atoms with Crippen LogP contribution in [0.3, 0.4) is 0 Å². The first-order chi connectivity index (χ1) is 26.6. The monoisotopic (exact) mass is 788 g/mol. The van der Waals surface area contributed by atoms with E-state index in [4.69, 9.17) is 45.8 Å². The zero-order valence-electron chi connectivity index (χ0n) is 29.5. The van der Waals surface area contributed by atoms with Crippen LogP contribution in [0.2, 0.25) is 4.34 Å². The van der Waals surface area contributed by atoms with Crippen LogP contribution < -0.4 is 44.8 Å². The molecule has 0 aliphatic rings. The van der Waals surface area contributed by atoms with Crippen molar-refractivity contribution in [3.8, 4) is 46.0 Å². The summed E-state index contributed by atoms with van der Waals surface area (Å²) in [5.74, 6) is 2.54. The number of rotatable bonds is 10. The molecule has 7 rings (SSSR count). The van der Waals surface area contributed by atoms with E-state index in [9.17, 15) is 13.6 Å². The molecule has 0 unspecified atom stereocenters. The van der Waals surface area contributed by atoms with Crippen molar-refractivity contribution < 1.29 is 42.0 Å². The van der Waals surface area contributed by atoms with E-state index < -0.39 is 17.7 Å². The number of thiazole rings is 1. The van der Waals surface area contributed by atoms with Crippen LogP contribution in [0.5, 0.6) is 46.0 Å². The maximum atomic E-state index is 14.6. The fourth-order valence-corrected chi connectivity index (χ4v) is 5.93. The number of hydrogen-bond donors (Lipinski definition) is 3. The summed E-state index contributed by atoms with van der Waals surface area (Å²) in [7, 11) is 6.17. The number of aromatic nitrogens is 3. The van der Waals surface area contributed by atoms with Crippen molar-refractivity contribution in [3.63, 3.8) is 0 Å². The predicted molar refractivity (Wildman–Crippen MR) is 207 cm³/mol. The largest absolute Gasteiger partial charge is 0.493 e. The molecule has 13 nitrogen and oxygen atoms in total. The van der Waals surface area contributed by atoms with Gasteiger partial charge in [-0.05, 0) is 48.5 Å². The van der Waals surface area contributed by atoms with E-state index in [0.717, 1.165) is 16.7 Å². The van der Waals surface area contributed by atoms with E-state index >= 15 is 0 Å². The number of anilines is 3. The summed E-state index contributed by atoms with van der Waals surface area (Å²) in [6.45, 7) is 0. The molecule has 0 fully saturated rings. The average molecular weight is 789 g/mol. The minimum Gasteiger partial charge on any atom is -0.493 e. The molecule has 0 spiro atoms. The second-order valence-electron chi connectivity index (χ2n) is 11.1. The summed E-state index contributed by atoms with van der Waals surface area (Å²) >= 11 is 6.86. The number of nitrogens with one attached hydrogen (secondary N) is 2. The third-order valence-corrected chi connectivity index (χ3v) is 8.76. The highest BCUT2D eigenvalue weighted by Gasteiger charge is 2.15. The Morgan fingerprint density at radius 1 is 0.655 bits per heavy atom. The Kier molecular flexibility index (Phi) is 11.8. The number of ether oxygens (including phenoxy) is 6. The van der Waals surface area contributed by atoms with Gasteiger partial charge in [-0.3, -0.25) is 15.3 Å². The second kappa shape index (κ2) is 17.0. The fraction of sp³-hybridized carbons (Fsp3) is 0.105. The topological polar surface area (TPSA) is 161 Å². The number of nitrogens with zero attached hydrogens (tertiary/aromatic N) is 3. The Balaban J connectivity index is 0.000000197. The summed E-state index contributed by atoms with van der Waals surface area (Å²) in [5.41, 5.74) is 6.82. The number of nitrogen functional groups attached to an aromatic ring is 1. The predicted octanol–water partition coefficient (Wildman–Crippen LogP) is 9.70. The van der Waals surface area contributed by atoms with Gasteiger partial charge in [-0.15, -0.1) is 0 Å². The molecule has 0 atom stereocenters. The number of methoxy groups -OCH3 is 4. The van der Waals surface area contributed by atoms with Gasteiger partial charge in [-0.25, -0.2) is 18.6 Å². The normalized spacial score (nSPS) is 10.6. The van der Waals surface area contributed by atoms with E-state index in [1.807, 2.05) is 0 Å². The van der Waals surface area contributed by atoms with E-state index in [2.05, 4.69) is 25.6 Å². The maximum Gasteiger partial charge on any atom is 0.325 e. The maximum absolute atomic E-state index is 14.6. The Morgan fingerprint density at radius 3 is 1.64 bits per heavy atom. The first kappa shape index (κ1) is 38.1. The van der Waals surface area contributed by atoms with E-state index in [1.54, 1.807) is 69.1 Å². The van der Waals surface area contributed by atoms with Crippen LogP contribution in [-0.4, -0.2) is 49.4 Å². The van der Waals surface area contributed by atoms with E-state index in [-0.39, 0.29) is 17.1 Å². The Hall–Kier alpha value is -6.65. The number of benzene rings is 4. The van der Waals surface area contributed by atoms with Gasteiger partial charge in [0.25, 0.3) is 0 Å². The lowest BCUT2D eigenvalue weighted by Crippen LogP contribution is -2.19. The van der Waals surface area contributed by atoms with Gasteiger partial charge in [0.05, 0.1) is 57.0 Å². The molecule has 4 N–H and O–H groups in total. The number of carbonyl (C=O) groups is 1. The van der Waals surface area contributed by atoms with Crippen molar-refractivity contribution in [2.24, 2.45) is 0 Å². The Labute approximate surface area is 321 Å². The molecule has 0 aliphatic carbocycles. The van der Waals surface area contributed by atoms with Crippen LogP contribution in [0.1, 0.15) is 0 Å². The van der Waals surface area contributed by atoms with Crippen molar-refractivity contribution >= 4 is 67.3 Å². The van der Waals surface area contributed by atoms with Crippen LogP contribution in [0.15, 0.2) is 91.4 Å². The summed E-state index contributed by atoms with van der Waals surface area (Å²) in [4.78, 5) is 24.6. The fourth-order valence-electron chi connectivity index (χ4n) is 5.12. The van der Waals surface area contributed by atoms with Crippen LogP contribution in [0, 0.1) is 11.6 Å². The molecule has 0 aliphatic heterocycles. The molecule has 4 aromatic carbocycles. The molecule has 7 aromatic rings. The van der Waals surface area contributed by atoms with Gasteiger partial charge in [0.2, 0.25) is 0 Å². The highest BCUT2D eigenvalue weighted by atomic mass is 35.5. The first-order valence-electron chi connectivity index (χ1n) is 16.0. The lowest BCUT2D eigenvalue weighted by atomic mass is 10.2. The second-order valence-corrected chi connectivity index (χ2v) is 12.8. The summed E-state index contributed by atoms with van der Waals surface area (Å²) in [5, 5.41) is 6.58. The SMILES string of the molecule is COc1cc2nccc(Oc3ccc(N)c(F)c3)c2cc1OC.COc1cc2nccc(Oc3ccc(NC(=O)Nc4ncc(Cl)s4)c(F)c3)c2cc1OC. The van der Waals surface area contributed by atoms with Gasteiger partial charge in [0.1, 0.15) is 39.0 Å². The molecule has 0 bridgehead atoms. The molecular weight excluding hydrogens is 758 g/mol.